The fourth-order valence-electron chi connectivity index (χ4n) is 2.97. The van der Waals surface area contributed by atoms with E-state index in [1.165, 1.54) is 11.3 Å². The third kappa shape index (κ3) is 2.66. The molecule has 1 saturated heterocycles. The first-order valence-electron chi connectivity index (χ1n) is 7.78. The normalized spacial score (nSPS) is 15.7. The van der Waals surface area contributed by atoms with Crippen molar-refractivity contribution in [2.24, 2.45) is 7.05 Å². The van der Waals surface area contributed by atoms with Crippen molar-refractivity contribution in [1.29, 1.82) is 0 Å². The van der Waals surface area contributed by atoms with E-state index in [2.05, 4.69) is 37.6 Å². The Morgan fingerprint density at radius 3 is 2.78 bits per heavy atom. The predicted molar refractivity (Wildman–Crippen MR) is 85.7 cm³/mol. The van der Waals surface area contributed by atoms with Crippen LogP contribution in [-0.2, 0) is 13.6 Å². The second kappa shape index (κ2) is 5.62. The van der Waals surface area contributed by atoms with Crippen molar-refractivity contribution in [2.75, 3.05) is 13.1 Å². The second-order valence-corrected chi connectivity index (χ2v) is 6.10. The molecule has 1 aliphatic rings. The van der Waals surface area contributed by atoms with Crippen molar-refractivity contribution >= 4 is 0 Å². The maximum absolute atomic E-state index is 5.81. The quantitative estimate of drug-likeness (QED) is 0.740. The molecule has 0 aliphatic carbocycles. The minimum absolute atomic E-state index is 0.557. The van der Waals surface area contributed by atoms with Crippen molar-refractivity contribution in [3.05, 3.63) is 53.8 Å². The molecule has 0 N–H and O–H groups in total. The molecule has 3 aromatic rings. The van der Waals surface area contributed by atoms with Gasteiger partial charge in [0.25, 0.3) is 5.89 Å². The standard InChI is InChI=1S/C17H19N5O/c1-12-5-6-15(21(12)2)17-20-19-16(23-17)11-22-9-14(10-22)13-4-3-7-18-8-13/h3-8,14H,9-11H2,1-2H3. The smallest absolute Gasteiger partial charge is 0.264 e. The van der Waals surface area contributed by atoms with E-state index in [-0.39, 0.29) is 0 Å². The van der Waals surface area contributed by atoms with Crippen LogP contribution in [0.25, 0.3) is 11.6 Å². The van der Waals surface area contributed by atoms with Crippen LogP contribution in [0, 0.1) is 6.92 Å². The molecule has 0 saturated carbocycles. The summed E-state index contributed by atoms with van der Waals surface area (Å²) in [6.45, 7) is 4.77. The molecular weight excluding hydrogens is 290 g/mol. The summed E-state index contributed by atoms with van der Waals surface area (Å²) in [5.41, 5.74) is 3.43. The van der Waals surface area contributed by atoms with Crippen LogP contribution in [0.5, 0.6) is 0 Å². The molecule has 1 fully saturated rings. The van der Waals surface area contributed by atoms with Gasteiger partial charge in [-0.15, -0.1) is 10.2 Å². The highest BCUT2D eigenvalue weighted by atomic mass is 16.4. The van der Waals surface area contributed by atoms with Crippen LogP contribution >= 0.6 is 0 Å². The minimum atomic E-state index is 0.557. The first kappa shape index (κ1) is 14.1. The number of hydrogen-bond acceptors (Lipinski definition) is 5. The molecule has 23 heavy (non-hydrogen) atoms. The molecule has 0 bridgehead atoms. The first-order valence-corrected chi connectivity index (χ1v) is 7.78. The summed E-state index contributed by atoms with van der Waals surface area (Å²) < 4.78 is 7.87. The molecule has 0 aromatic carbocycles. The highest BCUT2D eigenvalue weighted by Crippen LogP contribution is 2.28. The van der Waals surface area contributed by atoms with E-state index in [0.717, 1.165) is 18.8 Å². The van der Waals surface area contributed by atoms with Gasteiger partial charge in [-0.3, -0.25) is 9.88 Å². The Labute approximate surface area is 134 Å². The van der Waals surface area contributed by atoms with E-state index in [0.29, 0.717) is 24.2 Å². The van der Waals surface area contributed by atoms with Gasteiger partial charge in [0.1, 0.15) is 5.69 Å². The Hall–Kier alpha value is -2.47. The number of hydrogen-bond donors (Lipinski definition) is 0. The SMILES string of the molecule is Cc1ccc(-c2nnc(CN3CC(c4cccnc4)C3)o2)n1C. The topological polar surface area (TPSA) is 60.0 Å². The number of likely N-dealkylation sites (tertiary alicyclic amines) is 1. The second-order valence-electron chi connectivity index (χ2n) is 6.10. The Morgan fingerprint density at radius 1 is 1.22 bits per heavy atom. The van der Waals surface area contributed by atoms with Crippen LogP contribution in [0.15, 0.2) is 41.1 Å². The number of pyridine rings is 1. The highest BCUT2D eigenvalue weighted by molar-refractivity contribution is 5.48. The number of aryl methyl sites for hydroxylation is 1. The van der Waals surface area contributed by atoms with Gasteiger partial charge in [-0.2, -0.15) is 0 Å². The summed E-state index contributed by atoms with van der Waals surface area (Å²) in [4.78, 5) is 6.49. The van der Waals surface area contributed by atoms with Crippen LogP contribution in [0.3, 0.4) is 0 Å². The maximum atomic E-state index is 5.81. The molecule has 118 valence electrons. The molecule has 6 nitrogen and oxygen atoms in total. The van der Waals surface area contributed by atoms with Gasteiger partial charge < -0.3 is 8.98 Å². The predicted octanol–water partition coefficient (Wildman–Crippen LogP) is 2.38. The third-order valence-electron chi connectivity index (χ3n) is 4.53. The summed E-state index contributed by atoms with van der Waals surface area (Å²) in [6, 6.07) is 8.18. The van der Waals surface area contributed by atoms with Gasteiger partial charge in [0.2, 0.25) is 5.89 Å². The number of nitrogens with zero attached hydrogens (tertiary/aromatic N) is 5. The Kier molecular flexibility index (Phi) is 3.46. The first-order chi connectivity index (χ1) is 11.2. The van der Waals surface area contributed by atoms with Gasteiger partial charge in [-0.05, 0) is 30.7 Å². The van der Waals surface area contributed by atoms with Gasteiger partial charge in [-0.1, -0.05) is 6.07 Å². The lowest BCUT2D eigenvalue weighted by Crippen LogP contribution is -2.44. The summed E-state index contributed by atoms with van der Waals surface area (Å²) in [5.74, 6) is 1.81. The average Bonchev–Trinajstić information content (AvgIpc) is 3.11. The van der Waals surface area contributed by atoms with Crippen LogP contribution in [0.2, 0.25) is 0 Å². The van der Waals surface area contributed by atoms with Crippen LogP contribution in [-0.4, -0.2) is 37.7 Å². The van der Waals surface area contributed by atoms with Crippen molar-refractivity contribution < 1.29 is 4.42 Å². The summed E-state index contributed by atoms with van der Waals surface area (Å²) >= 11 is 0. The zero-order chi connectivity index (χ0) is 15.8. The van der Waals surface area contributed by atoms with E-state index in [9.17, 15) is 0 Å². The summed E-state index contributed by atoms with van der Waals surface area (Å²) in [6.07, 6.45) is 3.76. The average molecular weight is 309 g/mol. The lowest BCUT2D eigenvalue weighted by molar-refractivity contribution is 0.126. The lowest BCUT2D eigenvalue weighted by Gasteiger charge is -2.38. The number of rotatable bonds is 4. The van der Waals surface area contributed by atoms with E-state index in [1.807, 2.05) is 37.6 Å². The molecule has 4 heterocycles. The van der Waals surface area contributed by atoms with Crippen molar-refractivity contribution in [3.8, 4) is 11.6 Å². The molecular formula is C17H19N5O. The van der Waals surface area contributed by atoms with Crippen LogP contribution in [0.1, 0.15) is 23.1 Å². The van der Waals surface area contributed by atoms with Crippen molar-refractivity contribution in [2.45, 2.75) is 19.4 Å². The highest BCUT2D eigenvalue weighted by Gasteiger charge is 2.29. The lowest BCUT2D eigenvalue weighted by atomic mass is 9.93. The molecule has 1 aliphatic heterocycles. The van der Waals surface area contributed by atoms with E-state index in [1.54, 1.807) is 0 Å². The summed E-state index contributed by atoms with van der Waals surface area (Å²) in [7, 11) is 2.00. The molecule has 4 rings (SSSR count). The Balaban J connectivity index is 1.39. The van der Waals surface area contributed by atoms with Crippen LogP contribution in [0.4, 0.5) is 0 Å². The monoisotopic (exact) mass is 309 g/mol. The van der Waals surface area contributed by atoms with Gasteiger partial charge in [-0.25, -0.2) is 0 Å². The molecule has 0 radical (unpaired) electrons. The largest absolute Gasteiger partial charge is 0.418 e. The fourth-order valence-corrected chi connectivity index (χ4v) is 2.97. The zero-order valence-electron chi connectivity index (χ0n) is 13.3. The molecule has 0 amide bonds. The van der Waals surface area contributed by atoms with E-state index < -0.39 is 0 Å². The van der Waals surface area contributed by atoms with Gasteiger partial charge in [0.15, 0.2) is 0 Å². The van der Waals surface area contributed by atoms with Gasteiger partial charge >= 0.3 is 0 Å². The summed E-state index contributed by atoms with van der Waals surface area (Å²) in [5, 5.41) is 8.35. The Morgan fingerprint density at radius 2 is 2.09 bits per heavy atom. The fraction of sp³-hybridized carbons (Fsp3) is 0.353. The minimum Gasteiger partial charge on any atom is -0.418 e. The molecule has 3 aromatic heterocycles. The Bertz CT molecular complexity index is 802. The molecule has 0 spiro atoms. The molecule has 6 heteroatoms. The van der Waals surface area contributed by atoms with Crippen molar-refractivity contribution in [1.82, 2.24) is 24.6 Å². The van der Waals surface area contributed by atoms with Crippen molar-refractivity contribution in [3.63, 3.8) is 0 Å². The van der Waals surface area contributed by atoms with Gasteiger partial charge in [0, 0.05) is 44.1 Å². The molecule has 0 atom stereocenters. The third-order valence-corrected chi connectivity index (χ3v) is 4.53. The zero-order valence-corrected chi connectivity index (χ0v) is 13.3. The maximum Gasteiger partial charge on any atom is 0.264 e. The van der Waals surface area contributed by atoms with Gasteiger partial charge in [0.05, 0.1) is 6.54 Å². The molecule has 0 unspecified atom stereocenters. The number of aromatic nitrogens is 4. The van der Waals surface area contributed by atoms with E-state index in [4.69, 9.17) is 4.42 Å². The van der Waals surface area contributed by atoms with Crippen LogP contribution < -0.4 is 0 Å². The van der Waals surface area contributed by atoms with E-state index >= 15 is 0 Å².